The zero-order valence-electron chi connectivity index (χ0n) is 18.0. The van der Waals surface area contributed by atoms with Crippen molar-refractivity contribution in [2.75, 3.05) is 18.6 Å². The summed E-state index contributed by atoms with van der Waals surface area (Å²) in [5.41, 5.74) is 3.70. The Hall–Kier alpha value is -3.38. The second-order valence-electron chi connectivity index (χ2n) is 7.30. The molecule has 0 radical (unpaired) electrons. The van der Waals surface area contributed by atoms with E-state index in [4.69, 9.17) is 9.47 Å². The highest BCUT2D eigenvalue weighted by Gasteiger charge is 2.36. The lowest BCUT2D eigenvalue weighted by atomic mass is 9.91. The van der Waals surface area contributed by atoms with Crippen LogP contribution < -0.4 is 14.4 Å². The fourth-order valence-corrected chi connectivity index (χ4v) is 4.45. The molecule has 0 fully saturated rings. The maximum atomic E-state index is 13.6. The predicted molar refractivity (Wildman–Crippen MR) is 129 cm³/mol. The van der Waals surface area contributed by atoms with E-state index in [0.29, 0.717) is 45.0 Å². The molecule has 0 aliphatic carbocycles. The Morgan fingerprint density at radius 2 is 1.66 bits per heavy atom. The number of carbonyl (C=O) groups excluding carboxylic acids is 2. The molecule has 0 bridgehead atoms. The minimum absolute atomic E-state index is 0.331. The molecule has 0 atom stereocenters. The lowest BCUT2D eigenvalue weighted by molar-refractivity contribution is -0.112. The lowest BCUT2D eigenvalue weighted by Gasteiger charge is -2.29. The molecule has 0 saturated heterocycles. The number of rotatable bonds is 5. The van der Waals surface area contributed by atoms with Gasteiger partial charge in [-0.25, -0.2) is 4.90 Å². The zero-order chi connectivity index (χ0) is 22.8. The van der Waals surface area contributed by atoms with Crippen LogP contribution in [0.15, 0.2) is 65.1 Å². The van der Waals surface area contributed by atoms with Crippen LogP contribution in [0.25, 0.3) is 11.6 Å². The number of nitrogens with zero attached hydrogens (tertiary/aromatic N) is 1. The van der Waals surface area contributed by atoms with Gasteiger partial charge in [-0.2, -0.15) is 0 Å². The average molecular weight is 492 g/mol. The molecule has 0 N–H and O–H groups in total. The number of aryl methyl sites for hydroxylation is 1. The normalized spacial score (nSPS) is 14.5. The number of fused-ring (bicyclic) bond motifs is 1. The highest BCUT2D eigenvalue weighted by Crippen LogP contribution is 2.39. The number of imide groups is 1. The van der Waals surface area contributed by atoms with Crippen LogP contribution in [-0.2, 0) is 4.79 Å². The molecule has 1 aliphatic rings. The number of anilines is 1. The first-order valence-corrected chi connectivity index (χ1v) is 11.0. The van der Waals surface area contributed by atoms with Gasteiger partial charge in [0.1, 0.15) is 0 Å². The summed E-state index contributed by atoms with van der Waals surface area (Å²) in [6.07, 6.45) is 1.78. The molecule has 0 aromatic heterocycles. The van der Waals surface area contributed by atoms with Crippen LogP contribution in [0.5, 0.6) is 11.5 Å². The predicted octanol–water partition coefficient (Wildman–Crippen LogP) is 5.89. The zero-order valence-corrected chi connectivity index (χ0v) is 19.6. The molecule has 0 saturated carbocycles. The summed E-state index contributed by atoms with van der Waals surface area (Å²) in [6.45, 7) is 4.25. The number of carbonyl (C=O) groups is 2. The van der Waals surface area contributed by atoms with Crippen LogP contribution >= 0.6 is 15.9 Å². The Kier molecular flexibility index (Phi) is 6.15. The number of para-hydroxylation sites is 1. The molecule has 32 heavy (non-hydrogen) atoms. The Morgan fingerprint density at radius 3 is 2.34 bits per heavy atom. The van der Waals surface area contributed by atoms with Crippen molar-refractivity contribution in [2.45, 2.75) is 13.8 Å². The van der Waals surface area contributed by atoms with Gasteiger partial charge in [-0.1, -0.05) is 36.4 Å². The van der Waals surface area contributed by atoms with Gasteiger partial charge in [0.25, 0.3) is 11.8 Å². The maximum absolute atomic E-state index is 13.6. The van der Waals surface area contributed by atoms with Crippen LogP contribution in [0.2, 0.25) is 0 Å². The SMILES string of the molecule is CCOc1cc(/C=C2\C(=O)N(c3ccccc3C)C(=O)c3ccccc32)cc(Br)c1OC. The molecule has 4 rings (SSSR count). The van der Waals surface area contributed by atoms with E-state index in [2.05, 4.69) is 15.9 Å². The number of benzene rings is 3. The number of amides is 2. The van der Waals surface area contributed by atoms with Crippen LogP contribution in [0.3, 0.4) is 0 Å². The molecule has 5 nitrogen and oxygen atoms in total. The van der Waals surface area contributed by atoms with Gasteiger partial charge in [-0.05, 0) is 76.8 Å². The van der Waals surface area contributed by atoms with E-state index < -0.39 is 0 Å². The van der Waals surface area contributed by atoms with E-state index in [1.165, 1.54) is 4.90 Å². The number of hydrogen-bond acceptors (Lipinski definition) is 4. The van der Waals surface area contributed by atoms with E-state index in [-0.39, 0.29) is 11.8 Å². The summed E-state index contributed by atoms with van der Waals surface area (Å²) in [6, 6.07) is 18.2. The molecular formula is C26H22BrNO4. The smallest absolute Gasteiger partial charge is 0.265 e. The second kappa shape index (κ2) is 9.01. The monoisotopic (exact) mass is 491 g/mol. The summed E-state index contributed by atoms with van der Waals surface area (Å²) < 4.78 is 11.9. The van der Waals surface area contributed by atoms with Crippen molar-refractivity contribution >= 4 is 45.1 Å². The topological polar surface area (TPSA) is 55.8 Å². The van der Waals surface area contributed by atoms with E-state index in [1.807, 2.05) is 50.2 Å². The molecule has 2 amide bonds. The van der Waals surface area contributed by atoms with Crippen molar-refractivity contribution in [1.29, 1.82) is 0 Å². The van der Waals surface area contributed by atoms with Crippen molar-refractivity contribution < 1.29 is 19.1 Å². The minimum Gasteiger partial charge on any atom is -0.492 e. The minimum atomic E-state index is -0.368. The highest BCUT2D eigenvalue weighted by molar-refractivity contribution is 9.10. The molecular weight excluding hydrogens is 470 g/mol. The Morgan fingerprint density at radius 1 is 0.969 bits per heavy atom. The average Bonchev–Trinajstić information content (AvgIpc) is 2.78. The molecule has 0 unspecified atom stereocenters. The molecule has 6 heteroatoms. The summed E-state index contributed by atoms with van der Waals surface area (Å²) in [5.74, 6) is 0.455. The summed E-state index contributed by atoms with van der Waals surface area (Å²) in [4.78, 5) is 28.2. The fourth-order valence-electron chi connectivity index (χ4n) is 3.82. The first-order valence-electron chi connectivity index (χ1n) is 10.2. The fraction of sp³-hybridized carbons (Fsp3) is 0.154. The Labute approximate surface area is 195 Å². The summed E-state index contributed by atoms with van der Waals surface area (Å²) >= 11 is 3.52. The first kappa shape index (κ1) is 21.8. The molecule has 3 aromatic rings. The third kappa shape index (κ3) is 3.82. The summed E-state index contributed by atoms with van der Waals surface area (Å²) in [7, 11) is 1.58. The Bertz CT molecular complexity index is 1250. The molecule has 162 valence electrons. The number of ether oxygens (including phenoxy) is 2. The third-order valence-electron chi connectivity index (χ3n) is 5.29. The van der Waals surface area contributed by atoms with Crippen LogP contribution in [0, 0.1) is 6.92 Å². The third-order valence-corrected chi connectivity index (χ3v) is 5.88. The van der Waals surface area contributed by atoms with Crippen LogP contribution in [0.1, 0.15) is 34.0 Å². The van der Waals surface area contributed by atoms with Gasteiger partial charge < -0.3 is 9.47 Å². The van der Waals surface area contributed by atoms with Gasteiger partial charge in [-0.15, -0.1) is 0 Å². The molecule has 0 spiro atoms. The van der Waals surface area contributed by atoms with Crippen LogP contribution in [0.4, 0.5) is 5.69 Å². The molecule has 1 aliphatic heterocycles. The summed E-state index contributed by atoms with van der Waals surface area (Å²) in [5, 5.41) is 0. The van der Waals surface area contributed by atoms with E-state index >= 15 is 0 Å². The van der Waals surface area contributed by atoms with Crippen molar-refractivity contribution in [3.8, 4) is 11.5 Å². The van der Waals surface area contributed by atoms with Gasteiger partial charge >= 0.3 is 0 Å². The van der Waals surface area contributed by atoms with Gasteiger partial charge in [0, 0.05) is 11.1 Å². The largest absolute Gasteiger partial charge is 0.492 e. The van der Waals surface area contributed by atoms with Gasteiger partial charge in [0.05, 0.1) is 23.9 Å². The van der Waals surface area contributed by atoms with Gasteiger partial charge in [0.15, 0.2) is 11.5 Å². The van der Waals surface area contributed by atoms with Gasteiger partial charge in [-0.3, -0.25) is 9.59 Å². The van der Waals surface area contributed by atoms with Crippen molar-refractivity contribution in [1.82, 2.24) is 0 Å². The number of methoxy groups -OCH3 is 1. The molecule has 1 heterocycles. The van der Waals surface area contributed by atoms with Crippen LogP contribution in [-0.4, -0.2) is 25.5 Å². The first-order chi connectivity index (χ1) is 15.5. The Balaban J connectivity index is 1.91. The standard InChI is InChI=1S/C26H22BrNO4/c1-4-32-23-15-17(14-21(27)24(23)31-3)13-20-18-10-6-7-11-19(18)25(29)28(26(20)30)22-12-8-5-9-16(22)2/h5-15H,4H2,1-3H3/b20-13-. The lowest BCUT2D eigenvalue weighted by Crippen LogP contribution is -2.42. The quantitative estimate of drug-likeness (QED) is 0.329. The van der Waals surface area contributed by atoms with E-state index in [1.54, 1.807) is 37.5 Å². The maximum Gasteiger partial charge on any atom is 0.265 e. The number of halogens is 1. The number of hydrogen-bond donors (Lipinski definition) is 0. The van der Waals surface area contributed by atoms with Crippen molar-refractivity contribution in [3.05, 3.63) is 87.4 Å². The van der Waals surface area contributed by atoms with Crippen molar-refractivity contribution in [3.63, 3.8) is 0 Å². The highest BCUT2D eigenvalue weighted by atomic mass is 79.9. The molecule has 3 aromatic carbocycles. The second-order valence-corrected chi connectivity index (χ2v) is 8.16. The van der Waals surface area contributed by atoms with E-state index in [9.17, 15) is 9.59 Å². The van der Waals surface area contributed by atoms with E-state index in [0.717, 1.165) is 11.1 Å². The van der Waals surface area contributed by atoms with Crippen molar-refractivity contribution in [2.24, 2.45) is 0 Å². The van der Waals surface area contributed by atoms with Gasteiger partial charge in [0.2, 0.25) is 0 Å².